The predicted octanol–water partition coefficient (Wildman–Crippen LogP) is 3.99. The molecule has 16 heavy (non-hydrogen) atoms. The van der Waals surface area contributed by atoms with Crippen LogP contribution in [0, 0.1) is 22.2 Å². The highest BCUT2D eigenvalue weighted by molar-refractivity contribution is 5.22. The summed E-state index contributed by atoms with van der Waals surface area (Å²) in [6, 6.07) is 0. The second-order valence-electron chi connectivity index (χ2n) is 7.42. The first-order valence-corrected chi connectivity index (χ1v) is 6.36. The van der Waals surface area contributed by atoms with Crippen LogP contribution < -0.4 is 5.73 Å². The van der Waals surface area contributed by atoms with E-state index in [-0.39, 0.29) is 21.8 Å². The zero-order valence-electron chi connectivity index (χ0n) is 12.3. The van der Waals surface area contributed by atoms with Gasteiger partial charge in [-0.3, -0.25) is 0 Å². The van der Waals surface area contributed by atoms with Crippen LogP contribution in [0.4, 0.5) is 0 Å². The molecule has 0 heterocycles. The van der Waals surface area contributed by atoms with Gasteiger partial charge in [-0.25, -0.2) is 0 Å². The van der Waals surface area contributed by atoms with Crippen molar-refractivity contribution in [1.82, 2.24) is 0 Å². The van der Waals surface area contributed by atoms with E-state index in [0.717, 1.165) is 0 Å². The maximum atomic E-state index is 6.44. The largest absolute Gasteiger partial charge is 0.325 e. The first-order valence-electron chi connectivity index (χ1n) is 6.36. The molecule has 0 aromatic carbocycles. The quantitative estimate of drug-likeness (QED) is 0.668. The number of rotatable bonds is 1. The third kappa shape index (κ3) is 1.48. The molecule has 0 aliphatic heterocycles. The normalized spacial score (nSPS) is 37.4. The topological polar surface area (TPSA) is 26.0 Å². The van der Waals surface area contributed by atoms with Crippen LogP contribution in [-0.4, -0.2) is 5.54 Å². The van der Waals surface area contributed by atoms with Crippen molar-refractivity contribution in [3.63, 3.8) is 0 Å². The van der Waals surface area contributed by atoms with Crippen molar-refractivity contribution in [2.24, 2.45) is 27.9 Å². The Morgan fingerprint density at radius 3 is 1.88 bits per heavy atom. The third-order valence-electron chi connectivity index (χ3n) is 6.10. The van der Waals surface area contributed by atoms with Crippen LogP contribution in [0.5, 0.6) is 0 Å². The molecule has 0 radical (unpaired) electrons. The zero-order chi connectivity index (χ0) is 13.0. The van der Waals surface area contributed by atoms with E-state index in [1.807, 2.05) is 0 Å². The summed E-state index contributed by atoms with van der Waals surface area (Å²) in [7, 11) is 0. The van der Waals surface area contributed by atoms with Crippen LogP contribution in [0.1, 0.15) is 55.4 Å². The maximum Gasteiger partial charge on any atom is 0.0191 e. The smallest absolute Gasteiger partial charge is 0.0191 e. The van der Waals surface area contributed by atoms with Crippen LogP contribution in [0.3, 0.4) is 0 Å². The van der Waals surface area contributed by atoms with E-state index in [2.05, 4.69) is 67.5 Å². The monoisotopic (exact) mass is 223 g/mol. The molecule has 0 bridgehead atoms. The zero-order valence-corrected chi connectivity index (χ0v) is 12.3. The SMILES string of the molecule is CC1C=CC(C)(C(C)(C)N)C(C)(C)C1(C)C. The van der Waals surface area contributed by atoms with Crippen LogP contribution in [0.2, 0.25) is 0 Å². The van der Waals surface area contributed by atoms with Gasteiger partial charge in [-0.2, -0.15) is 0 Å². The molecule has 0 saturated carbocycles. The first kappa shape index (κ1) is 13.8. The van der Waals surface area contributed by atoms with E-state index in [0.29, 0.717) is 5.92 Å². The second kappa shape index (κ2) is 3.35. The lowest BCUT2D eigenvalue weighted by Gasteiger charge is -2.62. The number of hydrogen-bond acceptors (Lipinski definition) is 1. The summed E-state index contributed by atoms with van der Waals surface area (Å²) < 4.78 is 0. The fraction of sp³-hybridized carbons (Fsp3) is 0.867. The summed E-state index contributed by atoms with van der Waals surface area (Å²) in [6.07, 6.45) is 4.70. The van der Waals surface area contributed by atoms with Gasteiger partial charge in [0.25, 0.3) is 0 Å². The number of hydrogen-bond donors (Lipinski definition) is 1. The van der Waals surface area contributed by atoms with E-state index in [9.17, 15) is 0 Å². The summed E-state index contributed by atoms with van der Waals surface area (Å²) >= 11 is 0. The molecule has 0 amide bonds. The van der Waals surface area contributed by atoms with Gasteiger partial charge in [-0.15, -0.1) is 0 Å². The summed E-state index contributed by atoms with van der Waals surface area (Å²) in [4.78, 5) is 0. The van der Waals surface area contributed by atoms with E-state index in [1.54, 1.807) is 0 Å². The van der Waals surface area contributed by atoms with Crippen LogP contribution >= 0.6 is 0 Å². The number of allylic oxidation sites excluding steroid dienone is 1. The van der Waals surface area contributed by atoms with E-state index >= 15 is 0 Å². The molecule has 0 aromatic heterocycles. The lowest BCUT2D eigenvalue weighted by atomic mass is 9.44. The fourth-order valence-electron chi connectivity index (χ4n) is 3.04. The van der Waals surface area contributed by atoms with Gasteiger partial charge in [-0.05, 0) is 30.6 Å². The molecule has 1 aliphatic rings. The lowest BCUT2D eigenvalue weighted by molar-refractivity contribution is -0.0700. The molecule has 1 heteroatoms. The number of nitrogens with two attached hydrogens (primary N) is 1. The Labute approximate surface area is 101 Å². The molecule has 0 fully saturated rings. The van der Waals surface area contributed by atoms with Gasteiger partial charge in [0.15, 0.2) is 0 Å². The summed E-state index contributed by atoms with van der Waals surface area (Å²) in [6.45, 7) is 18.4. The Kier molecular flexibility index (Phi) is 2.88. The van der Waals surface area contributed by atoms with Crippen LogP contribution in [-0.2, 0) is 0 Å². The van der Waals surface area contributed by atoms with Crippen molar-refractivity contribution in [2.45, 2.75) is 60.9 Å². The predicted molar refractivity (Wildman–Crippen MR) is 72.2 cm³/mol. The van der Waals surface area contributed by atoms with Crippen molar-refractivity contribution in [2.75, 3.05) is 0 Å². The lowest BCUT2D eigenvalue weighted by Crippen LogP contribution is -2.62. The van der Waals surface area contributed by atoms with E-state index < -0.39 is 0 Å². The summed E-state index contributed by atoms with van der Waals surface area (Å²) in [5, 5.41) is 0. The standard InChI is InChI=1S/C15H29N/c1-11-9-10-15(8,14(6,7)16)13(4,5)12(11,2)3/h9-11H,16H2,1-8H3. The first-order chi connectivity index (χ1) is 6.88. The molecule has 1 rings (SSSR count). The van der Waals surface area contributed by atoms with Gasteiger partial charge < -0.3 is 5.73 Å². The van der Waals surface area contributed by atoms with Gasteiger partial charge in [0, 0.05) is 11.0 Å². The highest BCUT2D eigenvalue weighted by Gasteiger charge is 2.57. The van der Waals surface area contributed by atoms with Gasteiger partial charge in [-0.1, -0.05) is 53.7 Å². The minimum Gasteiger partial charge on any atom is -0.325 e. The van der Waals surface area contributed by atoms with Gasteiger partial charge in [0.1, 0.15) is 0 Å². The van der Waals surface area contributed by atoms with Crippen molar-refractivity contribution in [3.8, 4) is 0 Å². The Morgan fingerprint density at radius 1 is 1.06 bits per heavy atom. The Morgan fingerprint density at radius 2 is 1.50 bits per heavy atom. The molecule has 2 unspecified atom stereocenters. The van der Waals surface area contributed by atoms with Gasteiger partial charge >= 0.3 is 0 Å². The molecule has 0 aromatic rings. The minimum absolute atomic E-state index is 0.0238. The third-order valence-corrected chi connectivity index (χ3v) is 6.10. The molecule has 1 nitrogen and oxygen atoms in total. The van der Waals surface area contributed by atoms with Crippen molar-refractivity contribution in [1.29, 1.82) is 0 Å². The Bertz CT molecular complexity index is 304. The van der Waals surface area contributed by atoms with Crippen molar-refractivity contribution < 1.29 is 0 Å². The van der Waals surface area contributed by atoms with Crippen LogP contribution in [0.15, 0.2) is 12.2 Å². The average Bonchev–Trinajstić information content (AvgIpc) is 2.08. The molecule has 0 spiro atoms. The van der Waals surface area contributed by atoms with Crippen LogP contribution in [0.25, 0.3) is 0 Å². The van der Waals surface area contributed by atoms with E-state index in [4.69, 9.17) is 5.73 Å². The Hall–Kier alpha value is -0.300. The molecule has 2 N–H and O–H groups in total. The highest BCUT2D eigenvalue weighted by Crippen LogP contribution is 2.61. The molecular formula is C15H29N. The maximum absolute atomic E-state index is 6.44. The van der Waals surface area contributed by atoms with Gasteiger partial charge in [0.05, 0.1) is 0 Å². The Balaban J connectivity index is 3.41. The second-order valence-corrected chi connectivity index (χ2v) is 7.42. The minimum atomic E-state index is -0.204. The van der Waals surface area contributed by atoms with Gasteiger partial charge in [0.2, 0.25) is 0 Å². The highest BCUT2D eigenvalue weighted by atomic mass is 14.8. The molecular weight excluding hydrogens is 194 g/mol. The summed E-state index contributed by atoms with van der Waals surface area (Å²) in [5.41, 5.74) is 6.69. The van der Waals surface area contributed by atoms with E-state index in [1.165, 1.54) is 0 Å². The molecule has 94 valence electrons. The summed E-state index contributed by atoms with van der Waals surface area (Å²) in [5.74, 6) is 0.595. The average molecular weight is 223 g/mol. The molecule has 0 saturated heterocycles. The molecule has 1 aliphatic carbocycles. The fourth-order valence-corrected chi connectivity index (χ4v) is 3.04. The van der Waals surface area contributed by atoms with Crippen molar-refractivity contribution >= 4 is 0 Å². The van der Waals surface area contributed by atoms with Crippen molar-refractivity contribution in [3.05, 3.63) is 12.2 Å². The molecule has 2 atom stereocenters.